The quantitative estimate of drug-likeness (QED) is 0.558. The molecule has 5 aliphatic rings. The largest absolute Gasteiger partial charge is 0.455 e. The smallest absolute Gasteiger partial charge is 0.311 e. The summed E-state index contributed by atoms with van der Waals surface area (Å²) in [5.41, 5.74) is -0.404. The molecule has 5 rings (SSSR count). The summed E-state index contributed by atoms with van der Waals surface area (Å²) in [7, 11) is 0. The zero-order valence-electron chi connectivity index (χ0n) is 16.6. The van der Waals surface area contributed by atoms with Gasteiger partial charge in [-0.05, 0) is 52.4 Å². The lowest BCUT2D eigenvalue weighted by Crippen LogP contribution is -2.58. The Morgan fingerprint density at radius 1 is 1.08 bits per heavy atom. The van der Waals surface area contributed by atoms with Gasteiger partial charge in [0.2, 0.25) is 0 Å². The van der Waals surface area contributed by atoms with E-state index in [1.807, 2.05) is 0 Å². The maximum Gasteiger partial charge on any atom is 0.311 e. The Morgan fingerprint density at radius 3 is 2.54 bits per heavy atom. The minimum absolute atomic E-state index is 0.00551. The fourth-order valence-corrected chi connectivity index (χ4v) is 6.97. The van der Waals surface area contributed by atoms with Gasteiger partial charge in [-0.15, -0.1) is 0 Å². The third-order valence-corrected chi connectivity index (χ3v) is 8.04. The molecule has 0 N–H and O–H groups in total. The number of hydrogen-bond acceptors (Lipinski definition) is 5. The van der Waals surface area contributed by atoms with Crippen LogP contribution in [0.3, 0.4) is 0 Å². The standard InChI is InChI=1S/C21H33NO4/c1-12-5-6-17-15(11-22-9-13(2)24-14(3)10-22)18(23)25-21(17)16(12)7-8-20(4)19(21)26-20/h12-17,19H,5-11H2,1-4H3/t12-,13?,14?,15?,16+,17+,19-,20-,21-/m1/s1. The predicted molar refractivity (Wildman–Crippen MR) is 96.7 cm³/mol. The monoisotopic (exact) mass is 363 g/mol. The van der Waals surface area contributed by atoms with Gasteiger partial charge >= 0.3 is 5.97 Å². The zero-order chi connectivity index (χ0) is 18.3. The second kappa shape index (κ2) is 5.68. The van der Waals surface area contributed by atoms with Crippen LogP contribution in [-0.2, 0) is 19.0 Å². The van der Waals surface area contributed by atoms with E-state index in [9.17, 15) is 4.79 Å². The lowest BCUT2D eigenvalue weighted by Gasteiger charge is -2.50. The maximum atomic E-state index is 13.1. The van der Waals surface area contributed by atoms with Gasteiger partial charge in [-0.1, -0.05) is 6.92 Å². The molecule has 2 saturated carbocycles. The van der Waals surface area contributed by atoms with Gasteiger partial charge in [0.25, 0.3) is 0 Å². The molecule has 5 fully saturated rings. The van der Waals surface area contributed by atoms with Crippen LogP contribution in [0.2, 0.25) is 0 Å². The molecule has 3 heterocycles. The number of ether oxygens (including phenoxy) is 3. The van der Waals surface area contributed by atoms with Gasteiger partial charge in [-0.25, -0.2) is 0 Å². The Labute approximate surface area is 156 Å². The number of esters is 1. The van der Waals surface area contributed by atoms with Gasteiger partial charge < -0.3 is 14.2 Å². The highest BCUT2D eigenvalue weighted by Gasteiger charge is 2.77. The predicted octanol–water partition coefficient (Wildman–Crippen LogP) is 2.62. The average Bonchev–Trinajstić information content (AvgIpc) is 3.18. The van der Waals surface area contributed by atoms with Gasteiger partial charge in [0.15, 0.2) is 0 Å². The summed E-state index contributed by atoms with van der Waals surface area (Å²) >= 11 is 0. The van der Waals surface area contributed by atoms with E-state index in [2.05, 4.69) is 32.6 Å². The summed E-state index contributed by atoms with van der Waals surface area (Å²) in [5.74, 6) is 1.43. The number of carbonyl (C=O) groups is 1. The molecule has 0 bridgehead atoms. The minimum Gasteiger partial charge on any atom is -0.455 e. The van der Waals surface area contributed by atoms with Crippen molar-refractivity contribution in [2.75, 3.05) is 19.6 Å². The van der Waals surface area contributed by atoms with Crippen molar-refractivity contribution in [3.63, 3.8) is 0 Å². The minimum atomic E-state index is -0.351. The first kappa shape index (κ1) is 17.4. The molecule has 146 valence electrons. The summed E-state index contributed by atoms with van der Waals surface area (Å²) in [6.45, 7) is 11.4. The average molecular weight is 363 g/mol. The fraction of sp³-hybridized carbons (Fsp3) is 0.952. The van der Waals surface area contributed by atoms with Crippen molar-refractivity contribution in [1.29, 1.82) is 0 Å². The topological polar surface area (TPSA) is 51.3 Å². The molecule has 9 atom stereocenters. The van der Waals surface area contributed by atoms with Crippen molar-refractivity contribution in [2.24, 2.45) is 23.7 Å². The van der Waals surface area contributed by atoms with Gasteiger partial charge in [-0.3, -0.25) is 9.69 Å². The molecule has 3 saturated heterocycles. The Hall–Kier alpha value is -0.650. The van der Waals surface area contributed by atoms with E-state index >= 15 is 0 Å². The molecule has 3 unspecified atom stereocenters. The third-order valence-electron chi connectivity index (χ3n) is 8.04. The summed E-state index contributed by atoms with van der Waals surface area (Å²) in [6.07, 6.45) is 5.14. The molecule has 0 aromatic carbocycles. The normalized spacial score (nSPS) is 56.3. The number of hydrogen-bond donors (Lipinski definition) is 0. The number of carbonyl (C=O) groups excluding carboxylic acids is 1. The first-order valence-corrected chi connectivity index (χ1v) is 10.6. The second-order valence-electron chi connectivity index (χ2n) is 9.97. The number of epoxide rings is 1. The van der Waals surface area contributed by atoms with Crippen LogP contribution in [0.15, 0.2) is 0 Å². The van der Waals surface area contributed by atoms with E-state index in [1.165, 1.54) is 6.42 Å². The van der Waals surface area contributed by atoms with Crippen LogP contribution < -0.4 is 0 Å². The number of rotatable bonds is 2. The van der Waals surface area contributed by atoms with Crippen LogP contribution in [0.4, 0.5) is 0 Å². The van der Waals surface area contributed by atoms with E-state index in [4.69, 9.17) is 14.2 Å². The molecule has 5 heteroatoms. The number of morpholine rings is 1. The third kappa shape index (κ3) is 2.36. The molecule has 0 amide bonds. The van der Waals surface area contributed by atoms with Crippen molar-refractivity contribution >= 4 is 5.97 Å². The molecule has 2 aliphatic carbocycles. The molecule has 5 nitrogen and oxygen atoms in total. The van der Waals surface area contributed by atoms with Gasteiger partial charge in [0.05, 0.1) is 23.7 Å². The number of fused-ring (bicyclic) bond motifs is 1. The second-order valence-corrected chi connectivity index (χ2v) is 9.97. The molecule has 0 aromatic rings. The molecular weight excluding hydrogens is 330 g/mol. The summed E-state index contributed by atoms with van der Waals surface area (Å²) in [4.78, 5) is 15.5. The highest BCUT2D eigenvalue weighted by Crippen LogP contribution is 2.66. The maximum absolute atomic E-state index is 13.1. The van der Waals surface area contributed by atoms with E-state index in [0.29, 0.717) is 17.8 Å². The Balaban J connectivity index is 1.42. The van der Waals surface area contributed by atoms with E-state index in [1.54, 1.807) is 0 Å². The van der Waals surface area contributed by atoms with Crippen molar-refractivity contribution in [3.8, 4) is 0 Å². The molecule has 1 spiro atoms. The van der Waals surface area contributed by atoms with Crippen LogP contribution in [0.5, 0.6) is 0 Å². The highest BCUT2D eigenvalue weighted by atomic mass is 16.7. The molecule has 0 aromatic heterocycles. The highest BCUT2D eigenvalue weighted by molar-refractivity contribution is 5.77. The fourth-order valence-electron chi connectivity index (χ4n) is 6.97. The van der Waals surface area contributed by atoms with Crippen molar-refractivity contribution < 1.29 is 19.0 Å². The summed E-state index contributed by atoms with van der Waals surface area (Å²) in [6, 6.07) is 0. The van der Waals surface area contributed by atoms with Crippen molar-refractivity contribution in [2.45, 2.75) is 82.9 Å². The Bertz CT molecular complexity index is 601. The first-order chi connectivity index (χ1) is 12.3. The molecule has 26 heavy (non-hydrogen) atoms. The van der Waals surface area contributed by atoms with Gasteiger partial charge in [0.1, 0.15) is 11.7 Å². The van der Waals surface area contributed by atoms with Crippen molar-refractivity contribution in [1.82, 2.24) is 4.90 Å². The van der Waals surface area contributed by atoms with Crippen LogP contribution in [0.1, 0.15) is 53.4 Å². The molecular formula is C21H33NO4. The summed E-state index contributed by atoms with van der Waals surface area (Å²) < 4.78 is 18.4. The first-order valence-electron chi connectivity index (χ1n) is 10.6. The van der Waals surface area contributed by atoms with E-state index < -0.39 is 0 Å². The van der Waals surface area contributed by atoms with Crippen LogP contribution in [0.25, 0.3) is 0 Å². The zero-order valence-corrected chi connectivity index (χ0v) is 16.6. The summed E-state index contributed by atoms with van der Waals surface area (Å²) in [5, 5.41) is 0. The molecule has 0 radical (unpaired) electrons. The molecule has 3 aliphatic heterocycles. The van der Waals surface area contributed by atoms with Gasteiger partial charge in [0, 0.05) is 31.5 Å². The Morgan fingerprint density at radius 2 is 1.81 bits per heavy atom. The Kier molecular flexibility index (Phi) is 3.81. The lowest BCUT2D eigenvalue weighted by atomic mass is 9.55. The lowest BCUT2D eigenvalue weighted by molar-refractivity contribution is -0.168. The van der Waals surface area contributed by atoms with Crippen LogP contribution in [0, 0.1) is 23.7 Å². The van der Waals surface area contributed by atoms with E-state index in [0.717, 1.165) is 38.9 Å². The van der Waals surface area contributed by atoms with Crippen LogP contribution >= 0.6 is 0 Å². The van der Waals surface area contributed by atoms with Gasteiger partial charge in [-0.2, -0.15) is 0 Å². The number of nitrogens with zero attached hydrogens (tertiary/aromatic N) is 1. The van der Waals surface area contributed by atoms with E-state index in [-0.39, 0.29) is 41.4 Å². The van der Waals surface area contributed by atoms with Crippen molar-refractivity contribution in [3.05, 3.63) is 0 Å². The van der Waals surface area contributed by atoms with Crippen LogP contribution in [-0.4, -0.2) is 60.0 Å². The SMILES string of the molecule is CC1CN(CC2C(=O)O[C@@]34[C@H]2CC[C@@H](C)[C@@H]3CC[C@@]2(C)O[C@@H]42)CC(C)O1.